The lowest BCUT2D eigenvalue weighted by Crippen LogP contribution is -2.33. The fraction of sp³-hybridized carbons (Fsp3) is 0.429. The first-order chi connectivity index (χ1) is 13.8. The van der Waals surface area contributed by atoms with E-state index >= 15 is 0 Å². The Bertz CT molecular complexity index is 812. The molecule has 2 rings (SSSR count). The van der Waals surface area contributed by atoms with Gasteiger partial charge in [-0.2, -0.15) is 0 Å². The first-order valence-corrected chi connectivity index (χ1v) is 11.0. The third kappa shape index (κ3) is 5.85. The van der Waals surface area contributed by atoms with Gasteiger partial charge < -0.3 is 5.73 Å². The van der Waals surface area contributed by atoms with E-state index in [9.17, 15) is 0 Å². The minimum Gasteiger partial charge on any atom is -0.405 e. The normalized spacial score (nSPS) is 19.9. The number of nitrogens with two attached hydrogens (primary N) is 1. The van der Waals surface area contributed by atoms with Gasteiger partial charge in [0.2, 0.25) is 0 Å². The van der Waals surface area contributed by atoms with Gasteiger partial charge in [0, 0.05) is 0 Å². The maximum atomic E-state index is 5.50. The molecule has 0 bridgehead atoms. The van der Waals surface area contributed by atoms with Crippen molar-refractivity contribution in [2.24, 2.45) is 23.0 Å². The van der Waals surface area contributed by atoms with Crippen molar-refractivity contribution in [3.05, 3.63) is 89.2 Å². The van der Waals surface area contributed by atoms with Crippen LogP contribution in [0.2, 0.25) is 0 Å². The molecule has 1 aromatic carbocycles. The van der Waals surface area contributed by atoms with Gasteiger partial charge in [0.25, 0.3) is 0 Å². The number of hydrogen-bond donors (Lipinski definition) is 1. The Hall–Kier alpha value is -2.28. The molecule has 1 aliphatic rings. The largest absolute Gasteiger partial charge is 0.405 e. The highest BCUT2D eigenvalue weighted by Crippen LogP contribution is 2.47. The first kappa shape index (κ1) is 23.0. The quantitative estimate of drug-likeness (QED) is 0.358. The molecule has 0 fully saturated rings. The third-order valence-electron chi connectivity index (χ3n) is 6.34. The molecule has 1 aromatic rings. The minimum absolute atomic E-state index is 0.143. The zero-order valence-electron chi connectivity index (χ0n) is 19.2. The van der Waals surface area contributed by atoms with E-state index in [1.54, 1.807) is 6.20 Å². The molecule has 0 aromatic heterocycles. The van der Waals surface area contributed by atoms with E-state index in [1.165, 1.54) is 27.8 Å². The Kier molecular flexibility index (Phi) is 8.32. The molecule has 1 aliphatic carbocycles. The molecule has 0 radical (unpaired) electrons. The molecule has 0 amide bonds. The first-order valence-electron chi connectivity index (χ1n) is 11.0. The molecule has 0 saturated heterocycles. The molecule has 0 aliphatic heterocycles. The van der Waals surface area contributed by atoms with Gasteiger partial charge in [-0.15, -0.1) is 0 Å². The fourth-order valence-electron chi connectivity index (χ4n) is 4.38. The second-order valence-electron chi connectivity index (χ2n) is 8.89. The molecule has 0 saturated carbocycles. The van der Waals surface area contributed by atoms with Gasteiger partial charge >= 0.3 is 0 Å². The van der Waals surface area contributed by atoms with E-state index in [1.807, 2.05) is 6.08 Å². The summed E-state index contributed by atoms with van der Waals surface area (Å²) in [5.41, 5.74) is 12.5. The van der Waals surface area contributed by atoms with Gasteiger partial charge in [0.1, 0.15) is 0 Å². The number of allylic oxidation sites excluding steroid dienone is 9. The summed E-state index contributed by atoms with van der Waals surface area (Å²) in [5, 5.41) is 0. The summed E-state index contributed by atoms with van der Waals surface area (Å²) in [6.07, 6.45) is 20.6. The van der Waals surface area contributed by atoms with Crippen molar-refractivity contribution in [2.45, 2.75) is 60.8 Å². The number of hydrogen-bond acceptors (Lipinski definition) is 1. The van der Waals surface area contributed by atoms with Crippen LogP contribution < -0.4 is 5.73 Å². The predicted molar refractivity (Wildman–Crippen MR) is 130 cm³/mol. The van der Waals surface area contributed by atoms with Crippen molar-refractivity contribution in [1.82, 2.24) is 0 Å². The van der Waals surface area contributed by atoms with E-state index < -0.39 is 0 Å². The topological polar surface area (TPSA) is 26.0 Å². The number of aryl methyl sites for hydroxylation is 2. The van der Waals surface area contributed by atoms with Gasteiger partial charge in [0.05, 0.1) is 0 Å². The van der Waals surface area contributed by atoms with E-state index in [2.05, 4.69) is 96.2 Å². The van der Waals surface area contributed by atoms with Crippen molar-refractivity contribution in [3.63, 3.8) is 0 Å². The standard InChI is InChI=1S/C28H39N/c1-7-8-15-28(6,21(2)3)27-14-13-24(20-25(27)12-10-9-11-16-29)26-18-22(4)17-23(5)19-26/h8-11,13,15-21,27H,7,12,14,29H2,1-6H3/b10-9-,15-8?,16-11-. The lowest BCUT2D eigenvalue weighted by atomic mass is 9.63. The van der Waals surface area contributed by atoms with Gasteiger partial charge in [-0.25, -0.2) is 0 Å². The van der Waals surface area contributed by atoms with Crippen molar-refractivity contribution in [1.29, 1.82) is 0 Å². The Morgan fingerprint density at radius 3 is 2.38 bits per heavy atom. The molecule has 0 spiro atoms. The fourth-order valence-corrected chi connectivity index (χ4v) is 4.38. The molecule has 1 heteroatoms. The highest BCUT2D eigenvalue weighted by atomic mass is 14.5. The van der Waals surface area contributed by atoms with Crippen LogP contribution in [-0.2, 0) is 0 Å². The molecule has 1 nitrogen and oxygen atoms in total. The van der Waals surface area contributed by atoms with E-state index in [4.69, 9.17) is 5.73 Å². The summed E-state index contributed by atoms with van der Waals surface area (Å²) in [6.45, 7) is 13.7. The molecular weight excluding hydrogens is 350 g/mol. The zero-order chi connectivity index (χ0) is 21.4. The van der Waals surface area contributed by atoms with Crippen LogP contribution in [0.5, 0.6) is 0 Å². The van der Waals surface area contributed by atoms with Crippen LogP contribution in [0.15, 0.2) is 72.5 Å². The number of rotatable bonds is 8. The minimum atomic E-state index is 0.143. The van der Waals surface area contributed by atoms with Crippen molar-refractivity contribution in [3.8, 4) is 0 Å². The van der Waals surface area contributed by atoms with Crippen molar-refractivity contribution in [2.75, 3.05) is 0 Å². The second-order valence-corrected chi connectivity index (χ2v) is 8.89. The van der Waals surface area contributed by atoms with E-state index in [-0.39, 0.29) is 5.41 Å². The molecule has 156 valence electrons. The Labute approximate surface area is 178 Å². The zero-order valence-corrected chi connectivity index (χ0v) is 19.2. The van der Waals surface area contributed by atoms with E-state index in [0.717, 1.165) is 19.3 Å². The van der Waals surface area contributed by atoms with Crippen LogP contribution in [0.1, 0.15) is 63.6 Å². The highest BCUT2D eigenvalue weighted by molar-refractivity contribution is 5.76. The lowest BCUT2D eigenvalue weighted by molar-refractivity contribution is 0.203. The lowest BCUT2D eigenvalue weighted by Gasteiger charge is -2.42. The Balaban J connectivity index is 2.47. The molecule has 2 unspecified atom stereocenters. The summed E-state index contributed by atoms with van der Waals surface area (Å²) in [5.74, 6) is 1.08. The summed E-state index contributed by atoms with van der Waals surface area (Å²) >= 11 is 0. The number of benzene rings is 1. The van der Waals surface area contributed by atoms with Gasteiger partial charge in [-0.3, -0.25) is 0 Å². The monoisotopic (exact) mass is 389 g/mol. The molecule has 0 heterocycles. The maximum absolute atomic E-state index is 5.50. The maximum Gasteiger partial charge on any atom is -0.00549 e. The van der Waals surface area contributed by atoms with Gasteiger partial charge in [0.15, 0.2) is 0 Å². The SMILES string of the molecule is CCC=CC(C)(C(C)C)C1CC=C(c2cc(C)cc(C)c2)C=C1C/C=C\C=C/N. The summed E-state index contributed by atoms with van der Waals surface area (Å²) in [7, 11) is 0. The predicted octanol–water partition coefficient (Wildman–Crippen LogP) is 7.68. The molecule has 29 heavy (non-hydrogen) atoms. The summed E-state index contributed by atoms with van der Waals surface area (Å²) < 4.78 is 0. The smallest absolute Gasteiger partial charge is 0.00549 e. The Morgan fingerprint density at radius 1 is 1.10 bits per heavy atom. The van der Waals surface area contributed by atoms with Crippen molar-refractivity contribution < 1.29 is 0 Å². The molecule has 2 atom stereocenters. The summed E-state index contributed by atoms with van der Waals surface area (Å²) in [6, 6.07) is 6.85. The second kappa shape index (κ2) is 10.5. The van der Waals surface area contributed by atoms with E-state index in [0.29, 0.717) is 11.8 Å². The van der Waals surface area contributed by atoms with Crippen LogP contribution >= 0.6 is 0 Å². The van der Waals surface area contributed by atoms with Crippen LogP contribution in [-0.4, -0.2) is 0 Å². The summed E-state index contributed by atoms with van der Waals surface area (Å²) in [4.78, 5) is 0. The van der Waals surface area contributed by atoms with Crippen LogP contribution in [0.3, 0.4) is 0 Å². The van der Waals surface area contributed by atoms with Crippen LogP contribution in [0.25, 0.3) is 5.57 Å². The molecule has 2 N–H and O–H groups in total. The molecular formula is C28H39N. The highest BCUT2D eigenvalue weighted by Gasteiger charge is 2.37. The Morgan fingerprint density at radius 2 is 1.79 bits per heavy atom. The third-order valence-corrected chi connectivity index (χ3v) is 6.34. The van der Waals surface area contributed by atoms with Gasteiger partial charge in [-0.1, -0.05) is 99.1 Å². The van der Waals surface area contributed by atoms with Crippen LogP contribution in [0.4, 0.5) is 0 Å². The van der Waals surface area contributed by atoms with Gasteiger partial charge in [-0.05, 0) is 73.8 Å². The average molecular weight is 390 g/mol. The van der Waals surface area contributed by atoms with Crippen LogP contribution in [0, 0.1) is 31.1 Å². The van der Waals surface area contributed by atoms with Crippen molar-refractivity contribution >= 4 is 5.57 Å². The average Bonchev–Trinajstić information content (AvgIpc) is 2.68.